The zero-order valence-electron chi connectivity index (χ0n) is 9.28. The zero-order valence-corrected chi connectivity index (χ0v) is 9.28. The van der Waals surface area contributed by atoms with Gasteiger partial charge in [0.1, 0.15) is 0 Å². The van der Waals surface area contributed by atoms with Gasteiger partial charge in [-0.25, -0.2) is 0 Å². The second kappa shape index (κ2) is 6.63. The van der Waals surface area contributed by atoms with Gasteiger partial charge in [0, 0.05) is 12.8 Å². The van der Waals surface area contributed by atoms with Gasteiger partial charge in [0.15, 0.2) is 0 Å². The summed E-state index contributed by atoms with van der Waals surface area (Å²) in [6.45, 7) is 6.97. The maximum atomic E-state index is 4.42. The van der Waals surface area contributed by atoms with Crippen molar-refractivity contribution in [2.75, 3.05) is 6.54 Å². The van der Waals surface area contributed by atoms with Crippen LogP contribution in [0.2, 0.25) is 0 Å². The highest BCUT2D eigenvalue weighted by Crippen LogP contribution is 2.17. The predicted molar refractivity (Wildman–Crippen MR) is 62.6 cm³/mol. The van der Waals surface area contributed by atoms with Crippen molar-refractivity contribution in [3.8, 4) is 0 Å². The van der Waals surface area contributed by atoms with Gasteiger partial charge in [-0.05, 0) is 19.8 Å². The van der Waals surface area contributed by atoms with E-state index in [9.17, 15) is 0 Å². The van der Waals surface area contributed by atoms with E-state index in [2.05, 4.69) is 16.7 Å². The summed E-state index contributed by atoms with van der Waals surface area (Å²) >= 11 is 0. The Morgan fingerprint density at radius 2 is 1.93 bits per heavy atom. The number of hydrogen-bond acceptors (Lipinski definition) is 2. The number of rotatable bonds is 2. The van der Waals surface area contributed by atoms with Gasteiger partial charge in [0.25, 0.3) is 0 Å². The highest BCUT2D eigenvalue weighted by molar-refractivity contribution is 5.52. The molecule has 0 N–H and O–H groups in total. The molecule has 0 bridgehead atoms. The summed E-state index contributed by atoms with van der Waals surface area (Å²) in [5, 5.41) is 6.61. The van der Waals surface area contributed by atoms with Crippen LogP contribution in [0.4, 0.5) is 0 Å². The van der Waals surface area contributed by atoms with Gasteiger partial charge >= 0.3 is 0 Å². The third-order valence-corrected chi connectivity index (χ3v) is 2.81. The molecule has 0 radical (unpaired) electrons. The summed E-state index contributed by atoms with van der Waals surface area (Å²) < 4.78 is 0. The lowest BCUT2D eigenvalue weighted by Crippen LogP contribution is -2.29. The Kier molecular flexibility index (Phi) is 5.35. The summed E-state index contributed by atoms with van der Waals surface area (Å²) in [5.74, 6) is 0. The van der Waals surface area contributed by atoms with Gasteiger partial charge in [-0.2, -0.15) is 5.10 Å². The van der Waals surface area contributed by atoms with Crippen LogP contribution in [0.5, 0.6) is 0 Å². The molecular weight excluding hydrogens is 172 g/mol. The molecule has 2 nitrogen and oxygen atoms in total. The van der Waals surface area contributed by atoms with Crippen molar-refractivity contribution in [2.45, 2.75) is 51.5 Å². The van der Waals surface area contributed by atoms with E-state index in [1.54, 1.807) is 0 Å². The third-order valence-electron chi connectivity index (χ3n) is 2.81. The van der Waals surface area contributed by atoms with E-state index >= 15 is 0 Å². The van der Waals surface area contributed by atoms with E-state index in [1.807, 2.05) is 19.2 Å². The first-order chi connectivity index (χ1) is 6.88. The van der Waals surface area contributed by atoms with Crippen molar-refractivity contribution >= 4 is 6.21 Å². The van der Waals surface area contributed by atoms with Crippen LogP contribution in [-0.2, 0) is 0 Å². The Balaban J connectivity index is 2.56. The van der Waals surface area contributed by atoms with Crippen LogP contribution in [0.1, 0.15) is 45.4 Å². The standard InChI is InChI=1S/C12H22N2/c1-3-12-10-8-6-5-7-9-11-14(12)13-4-2/h3-4,12H,1,5-11H2,2H3/b13-4-. The lowest BCUT2D eigenvalue weighted by atomic mass is 10.1. The topological polar surface area (TPSA) is 15.6 Å². The molecule has 1 heterocycles. The molecule has 14 heavy (non-hydrogen) atoms. The van der Waals surface area contributed by atoms with Crippen LogP contribution in [0.25, 0.3) is 0 Å². The molecule has 0 saturated carbocycles. The summed E-state index contributed by atoms with van der Waals surface area (Å²) in [7, 11) is 0. The average molecular weight is 194 g/mol. The molecule has 1 aliphatic rings. The first-order valence-corrected chi connectivity index (χ1v) is 5.76. The van der Waals surface area contributed by atoms with Crippen LogP contribution >= 0.6 is 0 Å². The number of hydrazone groups is 1. The van der Waals surface area contributed by atoms with Crippen LogP contribution in [0.15, 0.2) is 17.8 Å². The molecule has 0 aromatic carbocycles. The van der Waals surface area contributed by atoms with Crippen LogP contribution < -0.4 is 0 Å². The van der Waals surface area contributed by atoms with Crippen molar-refractivity contribution in [1.29, 1.82) is 0 Å². The fourth-order valence-electron chi connectivity index (χ4n) is 2.00. The molecule has 80 valence electrons. The zero-order chi connectivity index (χ0) is 10.2. The van der Waals surface area contributed by atoms with E-state index in [0.29, 0.717) is 6.04 Å². The van der Waals surface area contributed by atoms with E-state index < -0.39 is 0 Å². The number of nitrogens with zero attached hydrogens (tertiary/aromatic N) is 2. The van der Waals surface area contributed by atoms with Gasteiger partial charge in [-0.15, -0.1) is 6.58 Å². The van der Waals surface area contributed by atoms with Crippen LogP contribution in [0, 0.1) is 0 Å². The number of hydrogen-bond donors (Lipinski definition) is 0. The van der Waals surface area contributed by atoms with E-state index in [-0.39, 0.29) is 0 Å². The van der Waals surface area contributed by atoms with Crippen LogP contribution in [0.3, 0.4) is 0 Å². The highest BCUT2D eigenvalue weighted by Gasteiger charge is 2.13. The third kappa shape index (κ3) is 3.52. The Labute approximate surface area is 87.7 Å². The molecule has 0 amide bonds. The second-order valence-corrected chi connectivity index (χ2v) is 3.90. The summed E-state index contributed by atoms with van der Waals surface area (Å²) in [6, 6.07) is 0.448. The summed E-state index contributed by atoms with van der Waals surface area (Å²) in [5.41, 5.74) is 0. The molecular formula is C12H22N2. The van der Waals surface area contributed by atoms with Crippen molar-refractivity contribution in [1.82, 2.24) is 5.01 Å². The van der Waals surface area contributed by atoms with Gasteiger partial charge in [-0.3, -0.25) is 5.01 Å². The Morgan fingerprint density at radius 1 is 1.21 bits per heavy atom. The Bertz CT molecular complexity index is 187. The van der Waals surface area contributed by atoms with Crippen molar-refractivity contribution in [3.63, 3.8) is 0 Å². The minimum atomic E-state index is 0.448. The average Bonchev–Trinajstić information content (AvgIpc) is 2.30. The minimum Gasteiger partial charge on any atom is -0.291 e. The normalized spacial score (nSPS) is 25.5. The van der Waals surface area contributed by atoms with Gasteiger partial charge in [0.2, 0.25) is 0 Å². The molecule has 1 saturated heterocycles. The lowest BCUT2D eigenvalue weighted by Gasteiger charge is -2.26. The van der Waals surface area contributed by atoms with Crippen molar-refractivity contribution in [3.05, 3.63) is 12.7 Å². The lowest BCUT2D eigenvalue weighted by molar-refractivity contribution is 0.230. The maximum Gasteiger partial charge on any atom is 0.0648 e. The van der Waals surface area contributed by atoms with E-state index in [4.69, 9.17) is 0 Å². The molecule has 0 aromatic rings. The fraction of sp³-hybridized carbons (Fsp3) is 0.750. The quantitative estimate of drug-likeness (QED) is 0.487. The molecule has 1 rings (SSSR count). The monoisotopic (exact) mass is 194 g/mol. The van der Waals surface area contributed by atoms with Crippen molar-refractivity contribution in [2.24, 2.45) is 5.10 Å². The summed E-state index contributed by atoms with van der Waals surface area (Å²) in [6.07, 6.45) is 11.8. The maximum absolute atomic E-state index is 4.42. The molecule has 1 unspecified atom stereocenters. The summed E-state index contributed by atoms with van der Waals surface area (Å²) in [4.78, 5) is 0. The van der Waals surface area contributed by atoms with E-state index in [1.165, 1.54) is 38.5 Å². The van der Waals surface area contributed by atoms with E-state index in [0.717, 1.165) is 6.54 Å². The first-order valence-electron chi connectivity index (χ1n) is 5.76. The molecule has 0 aliphatic carbocycles. The first kappa shape index (κ1) is 11.3. The van der Waals surface area contributed by atoms with Gasteiger partial charge in [0.05, 0.1) is 6.04 Å². The molecule has 2 heteroatoms. The van der Waals surface area contributed by atoms with Gasteiger partial charge in [-0.1, -0.05) is 31.8 Å². The Hall–Kier alpha value is -0.790. The van der Waals surface area contributed by atoms with Crippen molar-refractivity contribution < 1.29 is 0 Å². The Morgan fingerprint density at radius 3 is 2.64 bits per heavy atom. The fourth-order valence-corrected chi connectivity index (χ4v) is 2.00. The SMILES string of the molecule is C=CC1CCCCCCCN1/N=C\C. The highest BCUT2D eigenvalue weighted by atomic mass is 15.5. The smallest absolute Gasteiger partial charge is 0.0648 e. The molecule has 1 fully saturated rings. The van der Waals surface area contributed by atoms with Crippen LogP contribution in [-0.4, -0.2) is 23.8 Å². The molecule has 0 aromatic heterocycles. The second-order valence-electron chi connectivity index (χ2n) is 3.90. The molecule has 1 aliphatic heterocycles. The minimum absolute atomic E-state index is 0.448. The molecule has 0 spiro atoms. The predicted octanol–water partition coefficient (Wildman–Crippen LogP) is 3.20. The largest absolute Gasteiger partial charge is 0.291 e. The molecule has 1 atom stereocenters. The van der Waals surface area contributed by atoms with Gasteiger partial charge < -0.3 is 0 Å².